The van der Waals surface area contributed by atoms with E-state index >= 15 is 0 Å². The molecule has 3 aliphatic rings. The molecule has 2 bridgehead atoms. The molecule has 39 heavy (non-hydrogen) atoms. The van der Waals surface area contributed by atoms with Gasteiger partial charge in [0.15, 0.2) is 0 Å². The highest BCUT2D eigenvalue weighted by Gasteiger charge is 2.77. The number of hydrogen-bond acceptors (Lipinski definition) is 6. The van der Waals surface area contributed by atoms with Crippen LogP contribution in [0.15, 0.2) is 48.5 Å². The Bertz CT molecular complexity index is 1240. The van der Waals surface area contributed by atoms with Gasteiger partial charge in [0.25, 0.3) is 0 Å². The maximum absolute atomic E-state index is 14.0. The van der Waals surface area contributed by atoms with Gasteiger partial charge < -0.3 is 30.1 Å². The number of halogens is 1. The van der Waals surface area contributed by atoms with E-state index in [1.807, 2.05) is 13.8 Å². The minimum Gasteiger partial charge on any atom is -0.494 e. The summed E-state index contributed by atoms with van der Waals surface area (Å²) in [5.74, 6) is -1.80. The summed E-state index contributed by atoms with van der Waals surface area (Å²) in [7, 11) is 0. The Morgan fingerprint density at radius 3 is 2.33 bits per heavy atom. The van der Waals surface area contributed by atoms with Crippen LogP contribution in [0.3, 0.4) is 0 Å². The first-order chi connectivity index (χ1) is 18.7. The minimum absolute atomic E-state index is 0.0140. The summed E-state index contributed by atoms with van der Waals surface area (Å²) in [4.78, 5) is 43.1. The zero-order valence-electron chi connectivity index (χ0n) is 22.1. The predicted molar refractivity (Wildman–Crippen MR) is 147 cm³/mol. The number of amides is 3. The molecule has 2 aromatic carbocycles. The van der Waals surface area contributed by atoms with Crippen LogP contribution < -0.4 is 15.4 Å². The first-order valence-corrected chi connectivity index (χ1v) is 13.8. The molecule has 2 aromatic rings. The Kier molecular flexibility index (Phi) is 7.59. The molecule has 3 aliphatic heterocycles. The van der Waals surface area contributed by atoms with Gasteiger partial charge >= 0.3 is 0 Å². The molecule has 5 rings (SSSR count). The number of carbonyl (C=O) groups excluding carboxylic acids is 3. The molecule has 0 radical (unpaired) electrons. The molecule has 2 unspecified atom stereocenters. The van der Waals surface area contributed by atoms with Crippen LogP contribution in [-0.2, 0) is 19.1 Å². The average Bonchev–Trinajstić information content (AvgIpc) is 3.47. The highest BCUT2D eigenvalue weighted by Crippen LogP contribution is 2.63. The van der Waals surface area contributed by atoms with Crippen molar-refractivity contribution in [3.05, 3.63) is 53.6 Å². The van der Waals surface area contributed by atoms with Gasteiger partial charge in [-0.1, -0.05) is 11.6 Å². The third kappa shape index (κ3) is 4.88. The van der Waals surface area contributed by atoms with E-state index in [-0.39, 0.29) is 30.9 Å². The van der Waals surface area contributed by atoms with Crippen molar-refractivity contribution in [1.82, 2.24) is 4.90 Å². The van der Waals surface area contributed by atoms with Gasteiger partial charge in [-0.05, 0) is 88.1 Å². The molecular weight excluding hydrogens is 522 g/mol. The number of aliphatic hydroxyl groups excluding tert-OH is 1. The molecule has 10 heteroatoms. The number of ether oxygens (including phenoxy) is 2. The average molecular weight is 556 g/mol. The minimum atomic E-state index is -1.12. The van der Waals surface area contributed by atoms with Crippen molar-refractivity contribution in [2.45, 2.75) is 56.8 Å². The molecular formula is C29H34ClN3O6. The molecule has 5 atom stereocenters. The predicted octanol–water partition coefficient (Wildman–Crippen LogP) is 3.85. The van der Waals surface area contributed by atoms with Crippen molar-refractivity contribution in [3.8, 4) is 5.75 Å². The smallest absolute Gasteiger partial charge is 0.250 e. The van der Waals surface area contributed by atoms with Crippen LogP contribution in [0.2, 0.25) is 5.02 Å². The molecule has 1 spiro atoms. The number of benzene rings is 2. The largest absolute Gasteiger partial charge is 0.494 e. The monoisotopic (exact) mass is 555 g/mol. The number of aliphatic hydroxyl groups is 1. The summed E-state index contributed by atoms with van der Waals surface area (Å²) < 4.78 is 12.1. The second-order valence-electron chi connectivity index (χ2n) is 10.6. The van der Waals surface area contributed by atoms with E-state index in [1.165, 1.54) is 0 Å². The van der Waals surface area contributed by atoms with Crippen LogP contribution in [0.5, 0.6) is 5.75 Å². The lowest BCUT2D eigenvalue weighted by atomic mass is 9.66. The van der Waals surface area contributed by atoms with Crippen LogP contribution in [0.25, 0.3) is 0 Å². The maximum Gasteiger partial charge on any atom is 0.250 e. The molecule has 0 aliphatic carbocycles. The third-order valence-corrected chi connectivity index (χ3v) is 8.41. The van der Waals surface area contributed by atoms with E-state index in [2.05, 4.69) is 10.6 Å². The summed E-state index contributed by atoms with van der Waals surface area (Å²) >= 11 is 6.00. The number of likely N-dealkylation sites (tertiary alicyclic amines) is 1. The summed E-state index contributed by atoms with van der Waals surface area (Å²) in [6.45, 7) is 4.57. The van der Waals surface area contributed by atoms with Crippen molar-refractivity contribution in [2.75, 3.05) is 30.4 Å². The highest BCUT2D eigenvalue weighted by molar-refractivity contribution is 6.30. The van der Waals surface area contributed by atoms with E-state index in [0.29, 0.717) is 54.4 Å². The van der Waals surface area contributed by atoms with Crippen molar-refractivity contribution in [3.63, 3.8) is 0 Å². The second kappa shape index (κ2) is 10.8. The number of unbranched alkanes of at least 4 members (excludes halogenated alkanes) is 1. The summed E-state index contributed by atoms with van der Waals surface area (Å²) in [6.07, 6.45) is 2.05. The standard InChI is InChI=1S/C29H34ClN3O6/c1-3-38-21-12-10-20(11-13-21)31-25(35)22-23-27(37)33(16-4-5-17-34)24(29(23)15-14-28(22,2)39-29)26(36)32-19-8-6-18(30)7-9-19/h6-13,22-24,34H,3-5,14-17H2,1-2H3,(H,31,35)(H,32,36)/t22-,23+,24?,28+,29?/m1/s1. The zero-order valence-corrected chi connectivity index (χ0v) is 22.9. The van der Waals surface area contributed by atoms with Gasteiger partial charge in [-0.2, -0.15) is 0 Å². The Balaban J connectivity index is 1.44. The summed E-state index contributed by atoms with van der Waals surface area (Å²) in [5, 5.41) is 15.7. The number of rotatable bonds is 10. The van der Waals surface area contributed by atoms with Crippen LogP contribution in [0.1, 0.15) is 39.5 Å². The Morgan fingerprint density at radius 1 is 1.05 bits per heavy atom. The van der Waals surface area contributed by atoms with Crippen molar-refractivity contribution < 1.29 is 29.0 Å². The lowest BCUT2D eigenvalue weighted by molar-refractivity contribution is -0.143. The van der Waals surface area contributed by atoms with Crippen molar-refractivity contribution >= 4 is 40.7 Å². The van der Waals surface area contributed by atoms with Crippen molar-refractivity contribution in [1.29, 1.82) is 0 Å². The van der Waals surface area contributed by atoms with Gasteiger partial charge in [0.1, 0.15) is 17.4 Å². The molecule has 3 fully saturated rings. The number of carbonyl (C=O) groups is 3. The number of fused-ring (bicyclic) bond motifs is 1. The second-order valence-corrected chi connectivity index (χ2v) is 11.1. The molecule has 9 nitrogen and oxygen atoms in total. The number of hydrogen-bond donors (Lipinski definition) is 3. The SMILES string of the molecule is CCOc1ccc(NC(=O)[C@H]2[C@H]3C(=O)N(CCCCO)C(C(=O)Nc4ccc(Cl)cc4)C34CC[C@]2(C)O4)cc1. The normalized spacial score (nSPS) is 28.9. The van der Waals surface area contributed by atoms with Gasteiger partial charge in [-0.25, -0.2) is 0 Å². The summed E-state index contributed by atoms with van der Waals surface area (Å²) in [6, 6.07) is 12.9. The van der Waals surface area contributed by atoms with Gasteiger partial charge in [-0.3, -0.25) is 14.4 Å². The van der Waals surface area contributed by atoms with E-state index in [1.54, 1.807) is 53.4 Å². The molecule has 0 saturated carbocycles. The molecule has 3 amide bonds. The van der Waals surface area contributed by atoms with Crippen LogP contribution in [-0.4, -0.2) is 64.7 Å². The van der Waals surface area contributed by atoms with Crippen molar-refractivity contribution in [2.24, 2.45) is 11.8 Å². The van der Waals surface area contributed by atoms with E-state index in [9.17, 15) is 19.5 Å². The maximum atomic E-state index is 14.0. The highest BCUT2D eigenvalue weighted by atomic mass is 35.5. The zero-order chi connectivity index (χ0) is 27.8. The Hall–Kier alpha value is -3.14. The lowest BCUT2D eigenvalue weighted by Crippen LogP contribution is -2.53. The van der Waals surface area contributed by atoms with Gasteiger partial charge in [-0.15, -0.1) is 0 Å². The van der Waals surface area contributed by atoms with Crippen LogP contribution in [0, 0.1) is 11.8 Å². The molecule has 3 N–H and O–H groups in total. The van der Waals surface area contributed by atoms with E-state index in [4.69, 9.17) is 21.1 Å². The van der Waals surface area contributed by atoms with Crippen LogP contribution in [0.4, 0.5) is 11.4 Å². The third-order valence-electron chi connectivity index (χ3n) is 8.16. The quantitative estimate of drug-likeness (QED) is 0.383. The number of anilines is 2. The summed E-state index contributed by atoms with van der Waals surface area (Å²) in [5.41, 5.74) is -0.865. The fourth-order valence-corrected chi connectivity index (χ4v) is 6.65. The molecule has 3 heterocycles. The first kappa shape index (κ1) is 27.4. The topological polar surface area (TPSA) is 117 Å². The fourth-order valence-electron chi connectivity index (χ4n) is 6.53. The Morgan fingerprint density at radius 2 is 1.69 bits per heavy atom. The van der Waals surface area contributed by atoms with E-state index in [0.717, 1.165) is 0 Å². The van der Waals surface area contributed by atoms with Gasteiger partial charge in [0.05, 0.1) is 24.0 Å². The Labute approximate surface area is 232 Å². The van der Waals surface area contributed by atoms with Gasteiger partial charge in [0, 0.05) is 29.5 Å². The van der Waals surface area contributed by atoms with Gasteiger partial charge in [0.2, 0.25) is 17.7 Å². The molecule has 208 valence electrons. The van der Waals surface area contributed by atoms with E-state index < -0.39 is 29.1 Å². The number of nitrogens with zero attached hydrogens (tertiary/aromatic N) is 1. The number of nitrogens with one attached hydrogen (secondary N) is 2. The lowest BCUT2D eigenvalue weighted by Gasteiger charge is -2.33. The first-order valence-electron chi connectivity index (χ1n) is 13.4. The molecule has 3 saturated heterocycles. The van der Waals surface area contributed by atoms with Crippen LogP contribution >= 0.6 is 11.6 Å². The molecule has 0 aromatic heterocycles. The fraction of sp³-hybridized carbons (Fsp3) is 0.483.